The van der Waals surface area contributed by atoms with Crippen molar-refractivity contribution < 1.29 is 9.47 Å². The Morgan fingerprint density at radius 2 is 1.30 bits per heavy atom. The minimum absolute atomic E-state index is 0. The Balaban J connectivity index is 0.000000166. The van der Waals surface area contributed by atoms with E-state index in [1.165, 1.54) is 0 Å². The lowest BCUT2D eigenvalue weighted by atomic mass is 10.4. The van der Waals surface area contributed by atoms with Gasteiger partial charge in [-0.2, -0.15) is 0 Å². The number of ether oxygens (including phenoxy) is 2. The third-order valence-corrected chi connectivity index (χ3v) is 6.79. The van der Waals surface area contributed by atoms with Gasteiger partial charge in [-0.15, -0.1) is 0 Å². The molecule has 6 aromatic heterocycles. The summed E-state index contributed by atoms with van der Waals surface area (Å²) < 4.78 is 18.1. The molecule has 212 valence electrons. The molecule has 0 aliphatic heterocycles. The van der Waals surface area contributed by atoms with Crippen LogP contribution in [-0.4, -0.2) is 68.7 Å². The smallest absolute Gasteiger partial charge is 0.139 e. The lowest BCUT2D eigenvalue weighted by Crippen LogP contribution is -2.07. The molecule has 0 bridgehead atoms. The third-order valence-electron chi connectivity index (χ3n) is 5.50. The summed E-state index contributed by atoms with van der Waals surface area (Å²) in [6.07, 6.45) is 15.2. The van der Waals surface area contributed by atoms with Gasteiger partial charge in [0.25, 0.3) is 0 Å². The van der Waals surface area contributed by atoms with Crippen LogP contribution in [0.25, 0.3) is 16.9 Å². The topological polar surface area (TPSA) is 94.4 Å². The first-order chi connectivity index (χ1) is 19.1. The number of fused-ring (bicyclic) bond motifs is 3. The van der Waals surface area contributed by atoms with Crippen LogP contribution >= 0.6 is 38.5 Å². The van der Waals surface area contributed by atoms with Crippen molar-refractivity contribution in [3.8, 4) is 0 Å². The molecule has 40 heavy (non-hydrogen) atoms. The molecule has 6 aromatic rings. The number of hydrogen-bond donors (Lipinski definition) is 2. The number of aromatic nitrogens is 6. The second kappa shape index (κ2) is 16.2. The number of methoxy groups -OCH3 is 2. The average Bonchev–Trinajstić information content (AvgIpc) is 3.69. The fraction of sp³-hybridized carbons (Fsp3) is 0.250. The molecule has 6 rings (SSSR count). The molecule has 0 aromatic carbocycles. The molecule has 0 fully saturated rings. The van der Waals surface area contributed by atoms with Crippen LogP contribution in [0, 0.1) is 3.70 Å². The van der Waals surface area contributed by atoms with Gasteiger partial charge in [0.2, 0.25) is 0 Å². The molecular formula is C28H34BrIN8O2. The van der Waals surface area contributed by atoms with Crippen molar-refractivity contribution in [1.82, 2.24) is 28.2 Å². The lowest BCUT2D eigenvalue weighted by Gasteiger charge is -2.05. The monoisotopic (exact) mass is 720 g/mol. The first-order valence-electron chi connectivity index (χ1n) is 12.2. The van der Waals surface area contributed by atoms with Crippen molar-refractivity contribution >= 4 is 66.8 Å². The predicted molar refractivity (Wildman–Crippen MR) is 173 cm³/mol. The molecule has 10 nitrogen and oxygen atoms in total. The van der Waals surface area contributed by atoms with E-state index in [1.807, 2.05) is 86.8 Å². The van der Waals surface area contributed by atoms with Crippen molar-refractivity contribution in [2.75, 3.05) is 51.2 Å². The first-order valence-corrected chi connectivity index (χ1v) is 14.0. The number of rotatable bonds is 8. The Morgan fingerprint density at radius 1 is 0.750 bits per heavy atom. The van der Waals surface area contributed by atoms with Gasteiger partial charge in [-0.1, -0.05) is 23.4 Å². The second-order valence-electron chi connectivity index (χ2n) is 8.21. The summed E-state index contributed by atoms with van der Waals surface area (Å²) in [4.78, 5) is 12.6. The average molecular weight is 721 g/mol. The van der Waals surface area contributed by atoms with E-state index >= 15 is 0 Å². The van der Waals surface area contributed by atoms with Gasteiger partial charge in [-0.05, 0) is 46.9 Å². The van der Waals surface area contributed by atoms with E-state index in [-0.39, 0.29) is 7.43 Å². The summed E-state index contributed by atoms with van der Waals surface area (Å²) in [7, 11) is 3.39. The van der Waals surface area contributed by atoms with Crippen molar-refractivity contribution in [3.05, 3.63) is 94.1 Å². The van der Waals surface area contributed by atoms with Crippen LogP contribution in [0.4, 0.5) is 11.4 Å². The number of imidazole rings is 3. The van der Waals surface area contributed by atoms with Crippen LogP contribution in [0.1, 0.15) is 7.43 Å². The van der Waals surface area contributed by atoms with E-state index in [4.69, 9.17) is 9.47 Å². The van der Waals surface area contributed by atoms with E-state index in [0.29, 0.717) is 13.2 Å². The highest BCUT2D eigenvalue weighted by Crippen LogP contribution is 2.14. The number of pyridine rings is 3. The molecule has 0 unspecified atom stereocenters. The molecule has 6 heterocycles. The second-order valence-corrected chi connectivity index (χ2v) is 10.2. The highest BCUT2D eigenvalue weighted by molar-refractivity contribution is 14.1. The maximum atomic E-state index is 4.97. The van der Waals surface area contributed by atoms with Gasteiger partial charge in [-0.3, -0.25) is 4.40 Å². The van der Waals surface area contributed by atoms with Crippen molar-refractivity contribution in [2.24, 2.45) is 0 Å². The zero-order chi connectivity index (χ0) is 27.5. The van der Waals surface area contributed by atoms with Crippen molar-refractivity contribution in [3.63, 3.8) is 0 Å². The Bertz CT molecular complexity index is 1600. The summed E-state index contributed by atoms with van der Waals surface area (Å²) in [6.45, 7) is 3.04. The van der Waals surface area contributed by atoms with E-state index in [9.17, 15) is 0 Å². The highest BCUT2D eigenvalue weighted by atomic mass is 127. The Labute approximate surface area is 256 Å². The van der Waals surface area contributed by atoms with Crippen LogP contribution in [-0.2, 0) is 9.47 Å². The SMILES string of the molecule is Brc1ccn2ccnc2c1.C.COCCNc1ccn2c(I)cnc2c1.COCCNc1ccn2ccnc2c1. The largest absolute Gasteiger partial charge is 0.383 e. The van der Waals surface area contributed by atoms with Gasteiger partial charge < -0.3 is 28.9 Å². The van der Waals surface area contributed by atoms with E-state index < -0.39 is 0 Å². The predicted octanol–water partition coefficient (Wildman–Crippen LogP) is 6.12. The number of hydrogen-bond acceptors (Lipinski definition) is 7. The number of nitrogens with zero attached hydrogens (tertiary/aromatic N) is 6. The molecule has 0 radical (unpaired) electrons. The molecular weight excluding hydrogens is 687 g/mol. The van der Waals surface area contributed by atoms with E-state index in [1.54, 1.807) is 26.6 Å². The Hall–Kier alpha value is -3.20. The zero-order valence-electron chi connectivity index (χ0n) is 21.7. The third kappa shape index (κ3) is 8.91. The van der Waals surface area contributed by atoms with Crippen LogP contribution < -0.4 is 10.6 Å². The van der Waals surface area contributed by atoms with Gasteiger partial charge in [0.15, 0.2) is 0 Å². The number of anilines is 2. The van der Waals surface area contributed by atoms with Gasteiger partial charge in [0, 0.05) is 98.7 Å². The minimum atomic E-state index is 0. The van der Waals surface area contributed by atoms with E-state index in [0.717, 1.165) is 49.6 Å². The van der Waals surface area contributed by atoms with Crippen LogP contribution in [0.2, 0.25) is 0 Å². The maximum absolute atomic E-state index is 4.97. The molecule has 0 saturated carbocycles. The molecule has 0 spiro atoms. The fourth-order valence-corrected chi connectivity index (χ4v) is 4.43. The van der Waals surface area contributed by atoms with Crippen molar-refractivity contribution in [1.29, 1.82) is 0 Å². The Morgan fingerprint density at radius 3 is 1.93 bits per heavy atom. The van der Waals surface area contributed by atoms with Crippen molar-refractivity contribution in [2.45, 2.75) is 7.43 Å². The zero-order valence-corrected chi connectivity index (χ0v) is 25.4. The number of halogens is 2. The first kappa shape index (κ1) is 31.3. The van der Waals surface area contributed by atoms with Crippen LogP contribution in [0.3, 0.4) is 0 Å². The molecule has 0 aliphatic rings. The summed E-state index contributed by atoms with van der Waals surface area (Å²) in [5.41, 5.74) is 5.02. The molecule has 0 atom stereocenters. The van der Waals surface area contributed by atoms with Gasteiger partial charge in [-0.25, -0.2) is 15.0 Å². The maximum Gasteiger partial charge on any atom is 0.139 e. The quantitative estimate of drug-likeness (QED) is 0.145. The molecule has 0 saturated heterocycles. The van der Waals surface area contributed by atoms with Crippen LogP contribution in [0.5, 0.6) is 0 Å². The minimum Gasteiger partial charge on any atom is -0.383 e. The standard InChI is InChI=1S/C10H12IN3O.C10H13N3O.C7H5BrN2.CH4/c1-15-5-3-12-8-2-4-14-9(11)7-13-10(14)6-8;1-14-7-4-11-9-2-5-13-6-3-12-10(13)8-9;8-6-1-3-10-4-2-9-7(10)5-6;/h2,4,6-7,12H,3,5H2,1H3;2-3,5-6,8,11H,4,7H2,1H3;1-5H;1H4. The number of nitrogens with one attached hydrogen (secondary N) is 2. The summed E-state index contributed by atoms with van der Waals surface area (Å²) in [6, 6.07) is 12.0. The Kier molecular flexibility index (Phi) is 12.7. The van der Waals surface area contributed by atoms with Gasteiger partial charge in [0.05, 0.1) is 19.4 Å². The summed E-state index contributed by atoms with van der Waals surface area (Å²) in [5.74, 6) is 0. The van der Waals surface area contributed by atoms with Gasteiger partial charge >= 0.3 is 0 Å². The fourth-order valence-electron chi connectivity index (χ4n) is 3.56. The summed E-state index contributed by atoms with van der Waals surface area (Å²) in [5, 5.41) is 6.52. The molecule has 0 amide bonds. The molecule has 12 heteroatoms. The lowest BCUT2D eigenvalue weighted by molar-refractivity contribution is 0.210. The van der Waals surface area contributed by atoms with Crippen LogP contribution in [0.15, 0.2) is 90.4 Å². The molecule has 2 N–H and O–H groups in total. The molecule has 0 aliphatic carbocycles. The normalized spacial score (nSPS) is 10.4. The summed E-state index contributed by atoms with van der Waals surface area (Å²) >= 11 is 5.62. The van der Waals surface area contributed by atoms with Gasteiger partial charge in [0.1, 0.15) is 20.6 Å². The van der Waals surface area contributed by atoms with E-state index in [2.05, 4.69) is 64.1 Å². The highest BCUT2D eigenvalue weighted by Gasteiger charge is 2.00.